The van der Waals surface area contributed by atoms with Crippen molar-refractivity contribution < 1.29 is 17.9 Å². The minimum atomic E-state index is -3.21. The van der Waals surface area contributed by atoms with Gasteiger partial charge in [0.05, 0.1) is 4.90 Å². The highest BCUT2D eigenvalue weighted by Crippen LogP contribution is 2.21. The summed E-state index contributed by atoms with van der Waals surface area (Å²) < 4.78 is 28.2. The van der Waals surface area contributed by atoms with Crippen LogP contribution in [0.15, 0.2) is 29.2 Å². The number of likely N-dealkylation sites (tertiary alicyclic amines) is 1. The van der Waals surface area contributed by atoms with Crippen molar-refractivity contribution in [3.63, 3.8) is 0 Å². The van der Waals surface area contributed by atoms with Gasteiger partial charge in [0.1, 0.15) is 5.75 Å². The van der Waals surface area contributed by atoms with Crippen LogP contribution in [0.1, 0.15) is 20.3 Å². The van der Waals surface area contributed by atoms with Gasteiger partial charge in [-0.2, -0.15) is 0 Å². The van der Waals surface area contributed by atoms with Crippen LogP contribution in [0.2, 0.25) is 0 Å². The number of nitrogens with zero attached hydrogens (tertiary/aromatic N) is 1. The first-order chi connectivity index (χ1) is 10.3. The van der Waals surface area contributed by atoms with Gasteiger partial charge in [-0.15, -0.1) is 0 Å². The van der Waals surface area contributed by atoms with Gasteiger partial charge < -0.3 is 9.64 Å². The van der Waals surface area contributed by atoms with E-state index in [-0.39, 0.29) is 17.4 Å². The predicted octanol–water partition coefficient (Wildman–Crippen LogP) is 1.97. The van der Waals surface area contributed by atoms with E-state index in [0.717, 1.165) is 25.8 Å². The molecule has 0 aromatic heterocycles. The van der Waals surface area contributed by atoms with Gasteiger partial charge in [-0.1, -0.05) is 13.8 Å². The predicted molar refractivity (Wildman–Crippen MR) is 84.6 cm³/mol. The van der Waals surface area contributed by atoms with Crippen molar-refractivity contribution >= 4 is 15.7 Å². The molecule has 0 bridgehead atoms. The van der Waals surface area contributed by atoms with E-state index in [0.29, 0.717) is 17.6 Å². The van der Waals surface area contributed by atoms with Crippen LogP contribution in [0, 0.1) is 11.8 Å². The van der Waals surface area contributed by atoms with E-state index in [1.807, 2.05) is 4.90 Å². The smallest absolute Gasteiger partial charge is 0.260 e. The number of hydrogen-bond donors (Lipinski definition) is 0. The highest BCUT2D eigenvalue weighted by atomic mass is 32.2. The molecule has 0 saturated carbocycles. The summed E-state index contributed by atoms with van der Waals surface area (Å²) in [5.74, 6) is 1.51. The number of benzene rings is 1. The molecule has 0 radical (unpaired) electrons. The van der Waals surface area contributed by atoms with Gasteiger partial charge in [0, 0.05) is 19.3 Å². The normalized spacial score (nSPS) is 22.4. The molecule has 1 aromatic carbocycles. The standard InChI is InChI=1S/C16H23NO4S/c1-12-8-13(2)10-17(9-12)16(18)11-21-14-4-6-15(7-5-14)22(3,19)20/h4-7,12-13H,8-11H2,1-3H3. The molecule has 2 rings (SSSR count). The van der Waals surface area contributed by atoms with Crippen LogP contribution in [0.4, 0.5) is 0 Å². The minimum absolute atomic E-state index is 0.0162. The minimum Gasteiger partial charge on any atom is -0.484 e. The van der Waals surface area contributed by atoms with Gasteiger partial charge in [-0.3, -0.25) is 4.79 Å². The van der Waals surface area contributed by atoms with E-state index in [4.69, 9.17) is 4.74 Å². The topological polar surface area (TPSA) is 63.7 Å². The zero-order valence-corrected chi connectivity index (χ0v) is 14.1. The van der Waals surface area contributed by atoms with E-state index >= 15 is 0 Å². The van der Waals surface area contributed by atoms with Crippen molar-refractivity contribution in [3.05, 3.63) is 24.3 Å². The lowest BCUT2D eigenvalue weighted by molar-refractivity contribution is -0.136. The second-order valence-electron chi connectivity index (χ2n) is 6.28. The second kappa shape index (κ2) is 6.69. The Morgan fingerprint density at radius 2 is 1.73 bits per heavy atom. The molecular weight excluding hydrogens is 302 g/mol. The molecule has 1 fully saturated rings. The molecule has 1 heterocycles. The number of piperidine rings is 1. The zero-order valence-electron chi connectivity index (χ0n) is 13.3. The highest BCUT2D eigenvalue weighted by Gasteiger charge is 2.25. The zero-order chi connectivity index (χ0) is 16.3. The summed E-state index contributed by atoms with van der Waals surface area (Å²) >= 11 is 0. The van der Waals surface area contributed by atoms with E-state index in [1.165, 1.54) is 12.1 Å². The van der Waals surface area contributed by atoms with Crippen LogP contribution in [-0.2, 0) is 14.6 Å². The van der Waals surface area contributed by atoms with Crippen LogP contribution >= 0.6 is 0 Å². The fraction of sp³-hybridized carbons (Fsp3) is 0.562. The molecule has 1 saturated heterocycles. The summed E-state index contributed by atoms with van der Waals surface area (Å²) in [5, 5.41) is 0. The van der Waals surface area contributed by atoms with Crippen molar-refractivity contribution in [2.24, 2.45) is 11.8 Å². The van der Waals surface area contributed by atoms with E-state index in [2.05, 4.69) is 13.8 Å². The fourth-order valence-corrected chi connectivity index (χ4v) is 3.52. The summed E-state index contributed by atoms with van der Waals surface area (Å²) in [6, 6.07) is 6.12. The van der Waals surface area contributed by atoms with Crippen molar-refractivity contribution in [3.8, 4) is 5.75 Å². The van der Waals surface area contributed by atoms with Crippen molar-refractivity contribution in [2.75, 3.05) is 26.0 Å². The van der Waals surface area contributed by atoms with Crippen molar-refractivity contribution in [1.29, 1.82) is 0 Å². The van der Waals surface area contributed by atoms with Gasteiger partial charge in [-0.05, 0) is 42.5 Å². The number of carbonyl (C=O) groups excluding carboxylic acids is 1. The average Bonchev–Trinajstić information content (AvgIpc) is 2.43. The molecule has 6 heteroatoms. The Kier molecular flexibility index (Phi) is 5.11. The molecule has 1 aromatic rings. The molecular formula is C16H23NO4S. The number of rotatable bonds is 4. The third-order valence-corrected chi connectivity index (χ3v) is 4.96. The Balaban J connectivity index is 1.91. The van der Waals surface area contributed by atoms with Gasteiger partial charge in [-0.25, -0.2) is 8.42 Å². The van der Waals surface area contributed by atoms with Crippen LogP contribution in [0.5, 0.6) is 5.75 Å². The maximum absolute atomic E-state index is 12.2. The summed E-state index contributed by atoms with van der Waals surface area (Å²) in [4.78, 5) is 14.3. The number of carbonyl (C=O) groups is 1. The molecule has 1 aliphatic heterocycles. The first kappa shape index (κ1) is 16.8. The number of ether oxygens (including phenoxy) is 1. The van der Waals surface area contributed by atoms with Gasteiger partial charge in [0.15, 0.2) is 16.4 Å². The van der Waals surface area contributed by atoms with Crippen molar-refractivity contribution in [1.82, 2.24) is 4.90 Å². The largest absolute Gasteiger partial charge is 0.484 e. The molecule has 1 aliphatic rings. The molecule has 2 unspecified atom stereocenters. The maximum atomic E-state index is 12.2. The Labute approximate surface area is 132 Å². The first-order valence-electron chi connectivity index (χ1n) is 7.46. The van der Waals surface area contributed by atoms with E-state index in [9.17, 15) is 13.2 Å². The van der Waals surface area contributed by atoms with Crippen LogP contribution in [0.3, 0.4) is 0 Å². The van der Waals surface area contributed by atoms with Crippen molar-refractivity contribution in [2.45, 2.75) is 25.2 Å². The second-order valence-corrected chi connectivity index (χ2v) is 8.29. The van der Waals surface area contributed by atoms with Crippen LogP contribution in [-0.4, -0.2) is 45.2 Å². The van der Waals surface area contributed by atoms with Gasteiger partial charge >= 0.3 is 0 Å². The summed E-state index contributed by atoms with van der Waals surface area (Å²) in [6.45, 7) is 5.85. The molecule has 0 N–H and O–H groups in total. The van der Waals surface area contributed by atoms with Crippen LogP contribution in [0.25, 0.3) is 0 Å². The molecule has 2 atom stereocenters. The molecule has 22 heavy (non-hydrogen) atoms. The Hall–Kier alpha value is -1.56. The SMILES string of the molecule is CC1CC(C)CN(C(=O)COc2ccc(S(C)(=O)=O)cc2)C1. The highest BCUT2D eigenvalue weighted by molar-refractivity contribution is 7.90. The third kappa shape index (κ3) is 4.47. The van der Waals surface area contributed by atoms with Gasteiger partial charge in [0.2, 0.25) is 0 Å². The number of sulfone groups is 1. The summed E-state index contributed by atoms with van der Waals surface area (Å²) in [6.07, 6.45) is 2.31. The fourth-order valence-electron chi connectivity index (χ4n) is 2.89. The molecule has 5 nitrogen and oxygen atoms in total. The van der Waals surface area contributed by atoms with E-state index < -0.39 is 9.84 Å². The Morgan fingerprint density at radius 3 is 2.23 bits per heavy atom. The quantitative estimate of drug-likeness (QED) is 0.849. The monoisotopic (exact) mass is 325 g/mol. The maximum Gasteiger partial charge on any atom is 0.260 e. The summed E-state index contributed by atoms with van der Waals surface area (Å²) in [5.41, 5.74) is 0. The number of amides is 1. The van der Waals surface area contributed by atoms with E-state index in [1.54, 1.807) is 12.1 Å². The lowest BCUT2D eigenvalue weighted by Gasteiger charge is -2.34. The Bertz CT molecular complexity index is 614. The third-order valence-electron chi connectivity index (χ3n) is 3.84. The van der Waals surface area contributed by atoms with Crippen LogP contribution < -0.4 is 4.74 Å². The molecule has 0 spiro atoms. The molecule has 122 valence electrons. The molecule has 0 aliphatic carbocycles. The Morgan fingerprint density at radius 1 is 1.18 bits per heavy atom. The number of hydrogen-bond acceptors (Lipinski definition) is 4. The summed E-state index contributed by atoms with van der Waals surface area (Å²) in [7, 11) is -3.21. The molecule has 1 amide bonds. The lowest BCUT2D eigenvalue weighted by atomic mass is 9.92. The first-order valence-corrected chi connectivity index (χ1v) is 9.35. The average molecular weight is 325 g/mol. The van der Waals surface area contributed by atoms with Gasteiger partial charge in [0.25, 0.3) is 5.91 Å². The lowest BCUT2D eigenvalue weighted by Crippen LogP contribution is -2.44.